The van der Waals surface area contributed by atoms with Crippen LogP contribution >= 0.6 is 0 Å². The largest absolute Gasteiger partial charge is 0.322 e. The minimum atomic E-state index is -0.529. The molecule has 1 amide bonds. The lowest BCUT2D eigenvalue weighted by atomic mass is 10.1. The molecule has 104 valence electrons. The molecule has 0 atom stereocenters. The van der Waals surface area contributed by atoms with Gasteiger partial charge in [0.25, 0.3) is 5.91 Å². The minimum absolute atomic E-state index is 0.197. The summed E-state index contributed by atoms with van der Waals surface area (Å²) in [6.07, 6.45) is 2.40. The van der Waals surface area contributed by atoms with E-state index in [9.17, 15) is 9.18 Å². The highest BCUT2D eigenvalue weighted by Gasteiger charge is 2.09. The number of benzene rings is 1. The number of para-hydroxylation sites is 1. The monoisotopic (exact) mass is 273 g/mol. The Labute approximate surface area is 117 Å². The average molecular weight is 273 g/mol. The van der Waals surface area contributed by atoms with Crippen LogP contribution in [0.4, 0.5) is 10.1 Å². The molecule has 0 saturated heterocycles. The van der Waals surface area contributed by atoms with E-state index in [1.807, 2.05) is 31.2 Å². The quantitative estimate of drug-likeness (QED) is 0.880. The van der Waals surface area contributed by atoms with Gasteiger partial charge in [-0.2, -0.15) is 0 Å². The van der Waals surface area contributed by atoms with Crippen LogP contribution in [0.5, 0.6) is 0 Å². The fraction of sp³-hybridized carbons (Fsp3) is 0.200. The van der Waals surface area contributed by atoms with Crippen LogP contribution in [0.3, 0.4) is 0 Å². The van der Waals surface area contributed by atoms with Crippen molar-refractivity contribution in [3.05, 3.63) is 59.7 Å². The van der Waals surface area contributed by atoms with Crippen molar-refractivity contribution in [3.63, 3.8) is 0 Å². The first kappa shape index (κ1) is 14.1. The molecule has 4 nitrogen and oxygen atoms in total. The third kappa shape index (κ3) is 3.61. The Kier molecular flexibility index (Phi) is 4.79. The molecule has 0 aliphatic rings. The summed E-state index contributed by atoms with van der Waals surface area (Å²) in [4.78, 5) is 15.7. The van der Waals surface area contributed by atoms with Crippen LogP contribution in [0.15, 0.2) is 42.7 Å². The van der Waals surface area contributed by atoms with Gasteiger partial charge in [0.15, 0.2) is 0 Å². The molecule has 1 aromatic heterocycles. The second-order valence-electron chi connectivity index (χ2n) is 4.28. The first-order valence-corrected chi connectivity index (χ1v) is 6.41. The number of anilines is 1. The van der Waals surface area contributed by atoms with Gasteiger partial charge < -0.3 is 10.6 Å². The number of nitrogens with zero attached hydrogens (tertiary/aromatic N) is 1. The van der Waals surface area contributed by atoms with Crippen molar-refractivity contribution in [2.75, 3.05) is 11.9 Å². The van der Waals surface area contributed by atoms with Crippen molar-refractivity contribution in [2.24, 2.45) is 0 Å². The van der Waals surface area contributed by atoms with Gasteiger partial charge in [-0.3, -0.25) is 9.78 Å². The highest BCUT2D eigenvalue weighted by Crippen LogP contribution is 2.16. The number of halogens is 1. The summed E-state index contributed by atoms with van der Waals surface area (Å²) in [5.74, 6) is -0.903. The zero-order valence-corrected chi connectivity index (χ0v) is 11.2. The minimum Gasteiger partial charge on any atom is -0.322 e. The predicted octanol–water partition coefficient (Wildman–Crippen LogP) is 2.58. The first-order valence-electron chi connectivity index (χ1n) is 6.41. The molecule has 2 aromatic rings. The Morgan fingerprint density at radius 3 is 2.85 bits per heavy atom. The zero-order valence-electron chi connectivity index (χ0n) is 11.2. The van der Waals surface area contributed by atoms with Crippen molar-refractivity contribution >= 4 is 11.6 Å². The highest BCUT2D eigenvalue weighted by atomic mass is 19.1. The lowest BCUT2D eigenvalue weighted by Crippen LogP contribution is -2.17. The lowest BCUT2D eigenvalue weighted by Gasteiger charge is -2.11. The molecule has 20 heavy (non-hydrogen) atoms. The van der Waals surface area contributed by atoms with Crippen LogP contribution in [0.2, 0.25) is 0 Å². The summed E-state index contributed by atoms with van der Waals surface area (Å²) in [6, 6.07) is 8.66. The number of pyridine rings is 1. The van der Waals surface area contributed by atoms with Gasteiger partial charge in [0.05, 0.1) is 11.8 Å². The van der Waals surface area contributed by atoms with Crippen LogP contribution in [-0.2, 0) is 6.54 Å². The lowest BCUT2D eigenvalue weighted by molar-refractivity contribution is 0.102. The van der Waals surface area contributed by atoms with E-state index in [4.69, 9.17) is 0 Å². The second kappa shape index (κ2) is 6.77. The van der Waals surface area contributed by atoms with Crippen LogP contribution < -0.4 is 10.6 Å². The molecule has 0 radical (unpaired) electrons. The topological polar surface area (TPSA) is 54.0 Å². The predicted molar refractivity (Wildman–Crippen MR) is 76.0 cm³/mol. The van der Waals surface area contributed by atoms with Gasteiger partial charge in [-0.05, 0) is 24.2 Å². The van der Waals surface area contributed by atoms with E-state index in [1.165, 1.54) is 6.20 Å². The van der Waals surface area contributed by atoms with Gasteiger partial charge in [-0.1, -0.05) is 25.1 Å². The number of carbonyl (C=O) groups excluding carboxylic acids is 1. The maximum absolute atomic E-state index is 13.1. The molecule has 2 rings (SSSR count). The molecule has 0 aliphatic carbocycles. The highest BCUT2D eigenvalue weighted by molar-refractivity contribution is 6.04. The molecule has 5 heteroatoms. The maximum atomic E-state index is 13.1. The van der Waals surface area contributed by atoms with Gasteiger partial charge in [0.2, 0.25) is 0 Å². The van der Waals surface area contributed by atoms with Crippen molar-refractivity contribution in [3.8, 4) is 0 Å². The van der Waals surface area contributed by atoms with Gasteiger partial charge in [0.1, 0.15) is 5.82 Å². The molecular weight excluding hydrogens is 257 g/mol. The molecule has 0 bridgehead atoms. The fourth-order valence-corrected chi connectivity index (χ4v) is 1.79. The number of carbonyl (C=O) groups is 1. The Bertz CT molecular complexity index is 601. The number of rotatable bonds is 5. The van der Waals surface area contributed by atoms with Gasteiger partial charge >= 0.3 is 0 Å². The summed E-state index contributed by atoms with van der Waals surface area (Å²) in [7, 11) is 0. The van der Waals surface area contributed by atoms with Crippen LogP contribution in [-0.4, -0.2) is 17.4 Å². The standard InChI is InChI=1S/C15H16FN3O/c1-2-17-8-11-5-3-4-6-14(11)19-15(20)12-7-13(16)10-18-9-12/h3-7,9-10,17H,2,8H2,1H3,(H,19,20). The summed E-state index contributed by atoms with van der Waals surface area (Å²) >= 11 is 0. The molecular formula is C15H16FN3O. The average Bonchev–Trinajstić information content (AvgIpc) is 2.46. The number of nitrogens with one attached hydrogen (secondary N) is 2. The zero-order chi connectivity index (χ0) is 14.4. The summed E-state index contributed by atoms with van der Waals surface area (Å²) < 4.78 is 13.1. The van der Waals surface area contributed by atoms with E-state index in [2.05, 4.69) is 15.6 Å². The van der Waals surface area contributed by atoms with E-state index >= 15 is 0 Å². The molecule has 0 aliphatic heterocycles. The Morgan fingerprint density at radius 1 is 1.30 bits per heavy atom. The van der Waals surface area contributed by atoms with Crippen molar-refractivity contribution in [1.29, 1.82) is 0 Å². The number of hydrogen-bond donors (Lipinski definition) is 2. The van der Waals surface area contributed by atoms with Crippen molar-refractivity contribution < 1.29 is 9.18 Å². The van der Waals surface area contributed by atoms with Crippen LogP contribution in [0.25, 0.3) is 0 Å². The van der Waals surface area contributed by atoms with E-state index in [-0.39, 0.29) is 11.5 Å². The summed E-state index contributed by atoms with van der Waals surface area (Å²) in [5.41, 5.74) is 1.89. The second-order valence-corrected chi connectivity index (χ2v) is 4.28. The summed E-state index contributed by atoms with van der Waals surface area (Å²) in [6.45, 7) is 3.52. The summed E-state index contributed by atoms with van der Waals surface area (Å²) in [5, 5.41) is 5.98. The number of hydrogen-bond acceptors (Lipinski definition) is 3. The van der Waals surface area contributed by atoms with E-state index in [0.717, 1.165) is 24.4 Å². The molecule has 2 N–H and O–H groups in total. The SMILES string of the molecule is CCNCc1ccccc1NC(=O)c1cncc(F)c1. The van der Waals surface area contributed by atoms with Gasteiger partial charge in [-0.15, -0.1) is 0 Å². The molecule has 0 spiro atoms. The fourth-order valence-electron chi connectivity index (χ4n) is 1.79. The molecule has 1 heterocycles. The van der Waals surface area contributed by atoms with E-state index in [0.29, 0.717) is 12.2 Å². The molecule has 0 unspecified atom stereocenters. The Hall–Kier alpha value is -2.27. The number of amides is 1. The van der Waals surface area contributed by atoms with E-state index in [1.54, 1.807) is 0 Å². The van der Waals surface area contributed by atoms with Crippen molar-refractivity contribution in [1.82, 2.24) is 10.3 Å². The first-order chi connectivity index (χ1) is 9.70. The normalized spacial score (nSPS) is 10.3. The van der Waals surface area contributed by atoms with Gasteiger partial charge in [0, 0.05) is 18.4 Å². The smallest absolute Gasteiger partial charge is 0.257 e. The molecule has 0 fully saturated rings. The van der Waals surface area contributed by atoms with Crippen molar-refractivity contribution in [2.45, 2.75) is 13.5 Å². The van der Waals surface area contributed by atoms with E-state index < -0.39 is 5.82 Å². The Morgan fingerprint density at radius 2 is 2.10 bits per heavy atom. The Balaban J connectivity index is 2.15. The van der Waals surface area contributed by atoms with Crippen LogP contribution in [0.1, 0.15) is 22.8 Å². The van der Waals surface area contributed by atoms with Crippen LogP contribution in [0, 0.1) is 5.82 Å². The number of aromatic nitrogens is 1. The maximum Gasteiger partial charge on any atom is 0.257 e. The molecule has 0 saturated carbocycles. The van der Waals surface area contributed by atoms with Gasteiger partial charge in [-0.25, -0.2) is 4.39 Å². The third-order valence-corrected chi connectivity index (χ3v) is 2.80. The third-order valence-electron chi connectivity index (χ3n) is 2.80. The molecule has 1 aromatic carbocycles.